The van der Waals surface area contributed by atoms with Crippen molar-refractivity contribution in [3.05, 3.63) is 45.2 Å². The molecule has 1 fully saturated rings. The minimum atomic E-state index is -1.25. The molecule has 0 amide bonds. The Bertz CT molecular complexity index is 806. The van der Waals surface area contributed by atoms with Crippen LogP contribution < -0.4 is 5.43 Å². The molecule has 0 radical (unpaired) electrons. The molecule has 1 aliphatic carbocycles. The number of aromatic nitrogens is 1. The van der Waals surface area contributed by atoms with Gasteiger partial charge in [-0.15, -0.1) is 0 Å². The minimum absolute atomic E-state index is 0.0123. The predicted octanol–water partition coefficient (Wildman–Crippen LogP) is 2.62. The zero-order valence-electron chi connectivity index (χ0n) is 10.6. The van der Waals surface area contributed by atoms with Crippen LogP contribution in [0.2, 0.25) is 0 Å². The third-order valence-corrected chi connectivity index (χ3v) is 3.59. The van der Waals surface area contributed by atoms with E-state index in [1.165, 1.54) is 11.5 Å². The van der Waals surface area contributed by atoms with Crippen molar-refractivity contribution < 1.29 is 18.7 Å². The number of hydrogen-bond donors (Lipinski definition) is 1. The van der Waals surface area contributed by atoms with Crippen molar-refractivity contribution in [1.82, 2.24) is 4.57 Å². The molecule has 3 rings (SSSR count). The van der Waals surface area contributed by atoms with E-state index in [4.69, 9.17) is 0 Å². The average Bonchev–Trinajstić information content (AvgIpc) is 3.21. The number of aromatic carboxylic acids is 1. The molecule has 2 aromatic rings. The number of carbonyl (C=O) groups is 1. The minimum Gasteiger partial charge on any atom is -0.477 e. The van der Waals surface area contributed by atoms with Crippen LogP contribution in [-0.2, 0) is 0 Å². The predicted molar refractivity (Wildman–Crippen MR) is 68.1 cm³/mol. The summed E-state index contributed by atoms with van der Waals surface area (Å²) in [6.45, 7) is 1.35. The molecule has 1 heterocycles. The van der Waals surface area contributed by atoms with E-state index in [2.05, 4.69) is 0 Å². The maximum absolute atomic E-state index is 13.8. The van der Waals surface area contributed by atoms with E-state index in [0.717, 1.165) is 25.0 Å². The largest absolute Gasteiger partial charge is 0.477 e. The summed E-state index contributed by atoms with van der Waals surface area (Å²) in [5, 5.41) is 9.23. The Kier molecular flexibility index (Phi) is 2.64. The van der Waals surface area contributed by atoms with E-state index >= 15 is 0 Å². The number of halogens is 2. The second-order valence-electron chi connectivity index (χ2n) is 4.99. The fourth-order valence-electron chi connectivity index (χ4n) is 2.51. The lowest BCUT2D eigenvalue weighted by molar-refractivity contribution is 0.0684. The van der Waals surface area contributed by atoms with Crippen LogP contribution >= 0.6 is 0 Å². The van der Waals surface area contributed by atoms with E-state index in [9.17, 15) is 23.5 Å². The maximum atomic E-state index is 13.8. The molecular weight excluding hydrogens is 268 g/mol. The molecular formula is C14H11F2NO3. The van der Waals surface area contributed by atoms with Crippen LogP contribution in [0.25, 0.3) is 10.9 Å². The summed E-state index contributed by atoms with van der Waals surface area (Å²) in [5.41, 5.74) is -0.654. The number of pyridine rings is 1. The van der Waals surface area contributed by atoms with Gasteiger partial charge in [0.1, 0.15) is 5.69 Å². The summed E-state index contributed by atoms with van der Waals surface area (Å²) >= 11 is 0. The molecule has 6 heteroatoms. The zero-order valence-corrected chi connectivity index (χ0v) is 10.6. The molecule has 1 N–H and O–H groups in total. The standard InChI is InChI=1S/C14H11F2NO3/c1-6-12(16)9(15)4-8-11(18)5-10(14(19)20)17(13(6)8)7-2-3-7/h4-5,7H,2-3H2,1H3,(H,19,20). The van der Waals surface area contributed by atoms with Crippen LogP contribution in [0.15, 0.2) is 16.9 Å². The second kappa shape index (κ2) is 4.13. The third-order valence-electron chi connectivity index (χ3n) is 3.59. The highest BCUT2D eigenvalue weighted by atomic mass is 19.2. The van der Waals surface area contributed by atoms with E-state index in [1.807, 2.05) is 0 Å². The fraction of sp³-hybridized carbons (Fsp3) is 0.286. The molecule has 0 atom stereocenters. The van der Waals surface area contributed by atoms with Gasteiger partial charge in [-0.05, 0) is 25.8 Å². The maximum Gasteiger partial charge on any atom is 0.352 e. The summed E-state index contributed by atoms with van der Waals surface area (Å²) < 4.78 is 28.7. The van der Waals surface area contributed by atoms with Crippen LogP contribution in [-0.4, -0.2) is 15.6 Å². The van der Waals surface area contributed by atoms with Gasteiger partial charge in [0.2, 0.25) is 0 Å². The lowest BCUT2D eigenvalue weighted by atomic mass is 10.1. The van der Waals surface area contributed by atoms with Crippen molar-refractivity contribution in [2.24, 2.45) is 0 Å². The van der Waals surface area contributed by atoms with Crippen LogP contribution in [0.5, 0.6) is 0 Å². The topological polar surface area (TPSA) is 59.3 Å². The molecule has 1 aromatic carbocycles. The first-order chi connectivity index (χ1) is 9.41. The molecule has 1 saturated carbocycles. The normalized spacial score (nSPS) is 14.8. The zero-order chi connectivity index (χ0) is 14.6. The second-order valence-corrected chi connectivity index (χ2v) is 4.99. The molecule has 4 nitrogen and oxygen atoms in total. The van der Waals surface area contributed by atoms with Gasteiger partial charge < -0.3 is 9.67 Å². The van der Waals surface area contributed by atoms with Crippen LogP contribution in [0, 0.1) is 18.6 Å². The van der Waals surface area contributed by atoms with Crippen molar-refractivity contribution >= 4 is 16.9 Å². The lowest BCUT2D eigenvalue weighted by Crippen LogP contribution is -2.19. The Morgan fingerprint density at radius 1 is 1.35 bits per heavy atom. The lowest BCUT2D eigenvalue weighted by Gasteiger charge is -2.16. The van der Waals surface area contributed by atoms with Crippen LogP contribution in [0.3, 0.4) is 0 Å². The number of hydrogen-bond acceptors (Lipinski definition) is 2. The highest BCUT2D eigenvalue weighted by molar-refractivity contribution is 5.92. The number of fused-ring (bicyclic) bond motifs is 1. The van der Waals surface area contributed by atoms with E-state index in [-0.39, 0.29) is 28.2 Å². The van der Waals surface area contributed by atoms with Gasteiger partial charge in [0, 0.05) is 23.1 Å². The van der Waals surface area contributed by atoms with E-state index in [1.54, 1.807) is 0 Å². The number of benzene rings is 1. The first-order valence-corrected chi connectivity index (χ1v) is 6.19. The Hall–Kier alpha value is -2.24. The van der Waals surface area contributed by atoms with Crippen molar-refractivity contribution in [2.75, 3.05) is 0 Å². The van der Waals surface area contributed by atoms with Crippen LogP contribution in [0.1, 0.15) is 34.9 Å². The summed E-state index contributed by atoms with van der Waals surface area (Å²) in [6, 6.07) is 1.73. The van der Waals surface area contributed by atoms with Gasteiger partial charge in [-0.3, -0.25) is 4.79 Å². The number of carboxylic acid groups (broad SMARTS) is 1. The Labute approximate surface area is 112 Å². The number of carboxylic acids is 1. The summed E-state index contributed by atoms with van der Waals surface area (Å²) in [4.78, 5) is 23.2. The van der Waals surface area contributed by atoms with E-state index in [0.29, 0.717) is 0 Å². The van der Waals surface area contributed by atoms with Crippen molar-refractivity contribution in [1.29, 1.82) is 0 Å². The quantitative estimate of drug-likeness (QED) is 0.919. The summed E-state index contributed by atoms with van der Waals surface area (Å²) in [7, 11) is 0. The number of aryl methyl sites for hydroxylation is 1. The van der Waals surface area contributed by atoms with Crippen molar-refractivity contribution in [3.8, 4) is 0 Å². The summed E-state index contributed by atoms with van der Waals surface area (Å²) in [6.07, 6.45) is 1.52. The smallest absolute Gasteiger partial charge is 0.352 e. The van der Waals surface area contributed by atoms with Gasteiger partial charge in [0.15, 0.2) is 17.1 Å². The molecule has 1 aliphatic rings. The molecule has 1 aromatic heterocycles. The highest BCUT2D eigenvalue weighted by Gasteiger charge is 2.30. The average molecular weight is 279 g/mol. The Balaban J connectivity index is 2.55. The number of nitrogens with zero attached hydrogens (tertiary/aromatic N) is 1. The van der Waals surface area contributed by atoms with Crippen LogP contribution in [0.4, 0.5) is 8.78 Å². The monoisotopic (exact) mass is 279 g/mol. The molecule has 0 spiro atoms. The molecule has 0 saturated heterocycles. The van der Waals surface area contributed by atoms with Crippen molar-refractivity contribution in [3.63, 3.8) is 0 Å². The van der Waals surface area contributed by atoms with Gasteiger partial charge in [-0.2, -0.15) is 0 Å². The fourth-order valence-corrected chi connectivity index (χ4v) is 2.51. The van der Waals surface area contributed by atoms with Gasteiger partial charge in [-0.25, -0.2) is 13.6 Å². The third kappa shape index (κ3) is 1.71. The molecule has 20 heavy (non-hydrogen) atoms. The molecule has 0 bridgehead atoms. The summed E-state index contributed by atoms with van der Waals surface area (Å²) in [5.74, 6) is -3.40. The van der Waals surface area contributed by atoms with Gasteiger partial charge in [0.25, 0.3) is 0 Å². The number of rotatable bonds is 2. The van der Waals surface area contributed by atoms with Crippen molar-refractivity contribution in [2.45, 2.75) is 25.8 Å². The highest BCUT2D eigenvalue weighted by Crippen LogP contribution is 2.39. The van der Waals surface area contributed by atoms with E-state index < -0.39 is 23.0 Å². The first kappa shape index (κ1) is 12.8. The Morgan fingerprint density at radius 3 is 2.55 bits per heavy atom. The van der Waals surface area contributed by atoms with Gasteiger partial charge >= 0.3 is 5.97 Å². The van der Waals surface area contributed by atoms with Gasteiger partial charge in [0.05, 0.1) is 5.52 Å². The molecule has 0 unspecified atom stereocenters. The van der Waals surface area contributed by atoms with Gasteiger partial charge in [-0.1, -0.05) is 0 Å². The SMILES string of the molecule is Cc1c(F)c(F)cc2c(=O)cc(C(=O)O)n(C3CC3)c12. The first-order valence-electron chi connectivity index (χ1n) is 6.19. The molecule has 0 aliphatic heterocycles. The Morgan fingerprint density at radius 2 is 2.00 bits per heavy atom. The molecule has 104 valence electrons.